The first-order chi connectivity index (χ1) is 9.13. The number of methoxy groups -OCH3 is 1. The second kappa shape index (κ2) is 7.93. The molecular formula is C11H20N4O3S. The topological polar surface area (TPSA) is 101 Å². The van der Waals surface area contributed by atoms with E-state index in [4.69, 9.17) is 15.6 Å². The Balaban J connectivity index is 2.82. The van der Waals surface area contributed by atoms with E-state index in [1.807, 2.05) is 6.92 Å². The van der Waals surface area contributed by atoms with Gasteiger partial charge in [0.15, 0.2) is 5.13 Å². The van der Waals surface area contributed by atoms with Crippen molar-refractivity contribution in [1.82, 2.24) is 9.88 Å². The Hall–Kier alpha value is -1.38. The van der Waals surface area contributed by atoms with Crippen LogP contribution in [0.15, 0.2) is 0 Å². The standard InChI is InChI=1S/C11H20N4O3S/c1-3-13-11-14-9(12)8(19-11)10(17)15(4-6-16)5-7-18-2/h16H,3-7,12H2,1-2H3,(H,13,14). The zero-order chi connectivity index (χ0) is 14.3. The predicted octanol–water partition coefficient (Wildman–Crippen LogP) is 0.238. The molecule has 8 heteroatoms. The first-order valence-corrected chi connectivity index (χ1v) is 6.84. The lowest BCUT2D eigenvalue weighted by Gasteiger charge is -2.20. The summed E-state index contributed by atoms with van der Waals surface area (Å²) in [5.74, 6) is -0.0171. The van der Waals surface area contributed by atoms with E-state index in [1.165, 1.54) is 16.2 Å². The van der Waals surface area contributed by atoms with Crippen LogP contribution in [0.2, 0.25) is 0 Å². The molecule has 0 aromatic carbocycles. The largest absolute Gasteiger partial charge is 0.395 e. The van der Waals surface area contributed by atoms with Gasteiger partial charge in [-0.3, -0.25) is 4.79 Å². The predicted molar refractivity (Wildman–Crippen MR) is 75.6 cm³/mol. The summed E-state index contributed by atoms with van der Waals surface area (Å²) < 4.78 is 4.95. The number of aliphatic hydroxyl groups excluding tert-OH is 1. The number of amides is 1. The molecular weight excluding hydrogens is 268 g/mol. The van der Waals surface area contributed by atoms with E-state index in [2.05, 4.69) is 10.3 Å². The maximum Gasteiger partial charge on any atom is 0.268 e. The number of carbonyl (C=O) groups excluding carboxylic acids is 1. The fraction of sp³-hybridized carbons (Fsp3) is 0.636. The maximum absolute atomic E-state index is 12.3. The Bertz CT molecular complexity index is 411. The lowest BCUT2D eigenvalue weighted by Crippen LogP contribution is -2.36. The smallest absolute Gasteiger partial charge is 0.268 e. The van der Waals surface area contributed by atoms with Gasteiger partial charge in [0.2, 0.25) is 0 Å². The van der Waals surface area contributed by atoms with Crippen molar-refractivity contribution in [2.45, 2.75) is 6.92 Å². The van der Waals surface area contributed by atoms with Crippen LogP contribution in [0.5, 0.6) is 0 Å². The van der Waals surface area contributed by atoms with E-state index >= 15 is 0 Å². The average molecular weight is 288 g/mol. The number of aliphatic hydroxyl groups is 1. The summed E-state index contributed by atoms with van der Waals surface area (Å²) in [6.07, 6.45) is 0. The molecule has 1 heterocycles. The van der Waals surface area contributed by atoms with Gasteiger partial charge in [-0.1, -0.05) is 11.3 Å². The number of nitrogens with two attached hydrogens (primary N) is 1. The van der Waals surface area contributed by atoms with Gasteiger partial charge >= 0.3 is 0 Å². The van der Waals surface area contributed by atoms with E-state index in [1.54, 1.807) is 7.11 Å². The Morgan fingerprint density at radius 2 is 2.32 bits per heavy atom. The fourth-order valence-corrected chi connectivity index (χ4v) is 2.41. The normalized spacial score (nSPS) is 10.5. The summed E-state index contributed by atoms with van der Waals surface area (Å²) in [6, 6.07) is 0. The molecule has 1 aromatic heterocycles. The van der Waals surface area contributed by atoms with E-state index in [0.29, 0.717) is 29.7 Å². The van der Waals surface area contributed by atoms with E-state index in [0.717, 1.165) is 0 Å². The van der Waals surface area contributed by atoms with Crippen LogP contribution in [0.25, 0.3) is 0 Å². The third kappa shape index (κ3) is 4.34. The van der Waals surface area contributed by atoms with E-state index < -0.39 is 0 Å². The Morgan fingerprint density at radius 3 is 2.89 bits per heavy atom. The maximum atomic E-state index is 12.3. The number of carbonyl (C=O) groups is 1. The van der Waals surface area contributed by atoms with Gasteiger partial charge in [-0.25, -0.2) is 4.98 Å². The molecule has 0 aliphatic rings. The zero-order valence-electron chi connectivity index (χ0n) is 11.2. The number of nitrogens with one attached hydrogen (secondary N) is 1. The number of nitrogens with zero attached hydrogens (tertiary/aromatic N) is 2. The van der Waals surface area contributed by atoms with Crippen LogP contribution in [0, 0.1) is 0 Å². The van der Waals surface area contributed by atoms with Crippen LogP contribution >= 0.6 is 11.3 Å². The number of nitrogen functional groups attached to an aromatic ring is 1. The molecule has 0 unspecified atom stereocenters. The molecule has 0 saturated heterocycles. The number of hydrogen-bond acceptors (Lipinski definition) is 7. The molecule has 4 N–H and O–H groups in total. The molecule has 0 saturated carbocycles. The summed E-state index contributed by atoms with van der Waals surface area (Å²) in [6.45, 7) is 3.61. The van der Waals surface area contributed by atoms with Gasteiger partial charge in [0.05, 0.1) is 13.2 Å². The molecule has 19 heavy (non-hydrogen) atoms. The number of aromatic nitrogens is 1. The number of anilines is 2. The zero-order valence-corrected chi connectivity index (χ0v) is 12.0. The van der Waals surface area contributed by atoms with Crippen LogP contribution in [0.4, 0.5) is 10.9 Å². The van der Waals surface area contributed by atoms with Crippen LogP contribution in [-0.2, 0) is 4.74 Å². The molecule has 0 aliphatic carbocycles. The Labute approximate surface area is 116 Å². The van der Waals surface area contributed by atoms with Gasteiger partial charge in [-0.05, 0) is 6.92 Å². The van der Waals surface area contributed by atoms with Crippen molar-refractivity contribution >= 4 is 28.2 Å². The SMILES string of the molecule is CCNc1nc(N)c(C(=O)N(CCO)CCOC)s1. The van der Waals surface area contributed by atoms with Crippen molar-refractivity contribution in [3.8, 4) is 0 Å². The first-order valence-electron chi connectivity index (χ1n) is 6.03. The van der Waals surface area contributed by atoms with Crippen molar-refractivity contribution in [3.63, 3.8) is 0 Å². The van der Waals surface area contributed by atoms with Crippen LogP contribution < -0.4 is 11.1 Å². The van der Waals surface area contributed by atoms with Crippen LogP contribution in [-0.4, -0.2) is 60.9 Å². The summed E-state index contributed by atoms with van der Waals surface area (Å²) in [5, 5.41) is 12.6. The summed E-state index contributed by atoms with van der Waals surface area (Å²) in [4.78, 5) is 18.3. The number of thiazole rings is 1. The first kappa shape index (κ1) is 15.7. The quantitative estimate of drug-likeness (QED) is 0.633. The molecule has 1 rings (SSSR count). The van der Waals surface area contributed by atoms with Crippen molar-refractivity contribution in [3.05, 3.63) is 4.88 Å². The highest BCUT2D eigenvalue weighted by Gasteiger charge is 2.21. The highest BCUT2D eigenvalue weighted by atomic mass is 32.1. The molecule has 0 fully saturated rings. The van der Waals surface area contributed by atoms with Crippen molar-refractivity contribution in [2.24, 2.45) is 0 Å². The molecule has 7 nitrogen and oxygen atoms in total. The molecule has 0 radical (unpaired) electrons. The summed E-state index contributed by atoms with van der Waals surface area (Å²) >= 11 is 1.22. The van der Waals surface area contributed by atoms with Crippen LogP contribution in [0.3, 0.4) is 0 Å². The Morgan fingerprint density at radius 1 is 1.58 bits per heavy atom. The third-order valence-electron chi connectivity index (χ3n) is 2.40. The van der Waals surface area contributed by atoms with Crippen molar-refractivity contribution in [2.75, 3.05) is 51.0 Å². The third-order valence-corrected chi connectivity index (χ3v) is 3.41. The molecule has 108 valence electrons. The van der Waals surface area contributed by atoms with Crippen LogP contribution in [0.1, 0.15) is 16.6 Å². The Kier molecular flexibility index (Phi) is 6.54. The minimum Gasteiger partial charge on any atom is -0.395 e. The second-order valence-electron chi connectivity index (χ2n) is 3.77. The van der Waals surface area contributed by atoms with E-state index in [-0.39, 0.29) is 24.9 Å². The average Bonchev–Trinajstić information content (AvgIpc) is 2.75. The van der Waals surface area contributed by atoms with Gasteiger partial charge in [-0.2, -0.15) is 0 Å². The van der Waals surface area contributed by atoms with Gasteiger partial charge in [0, 0.05) is 26.7 Å². The minimum atomic E-state index is -0.231. The van der Waals surface area contributed by atoms with Crippen molar-refractivity contribution < 1.29 is 14.6 Å². The number of ether oxygens (including phenoxy) is 1. The lowest BCUT2D eigenvalue weighted by atomic mass is 10.4. The molecule has 1 aromatic rings. The fourth-order valence-electron chi connectivity index (χ4n) is 1.49. The van der Waals surface area contributed by atoms with Crippen molar-refractivity contribution in [1.29, 1.82) is 0 Å². The number of hydrogen-bond donors (Lipinski definition) is 3. The minimum absolute atomic E-state index is 0.103. The molecule has 0 bridgehead atoms. The summed E-state index contributed by atoms with van der Waals surface area (Å²) in [7, 11) is 1.56. The van der Waals surface area contributed by atoms with Gasteiger partial charge in [0.1, 0.15) is 10.7 Å². The molecule has 0 spiro atoms. The number of rotatable bonds is 8. The monoisotopic (exact) mass is 288 g/mol. The highest BCUT2D eigenvalue weighted by Crippen LogP contribution is 2.26. The molecule has 0 atom stereocenters. The van der Waals surface area contributed by atoms with Gasteiger partial charge in [0.25, 0.3) is 5.91 Å². The highest BCUT2D eigenvalue weighted by molar-refractivity contribution is 7.18. The second-order valence-corrected chi connectivity index (χ2v) is 4.77. The molecule has 1 amide bonds. The van der Waals surface area contributed by atoms with Gasteiger partial charge < -0.3 is 25.8 Å². The lowest BCUT2D eigenvalue weighted by molar-refractivity contribution is 0.0662. The summed E-state index contributed by atoms with van der Waals surface area (Å²) in [5.41, 5.74) is 5.75. The molecule has 0 aliphatic heterocycles. The van der Waals surface area contributed by atoms with E-state index in [9.17, 15) is 4.79 Å². The van der Waals surface area contributed by atoms with Gasteiger partial charge in [-0.15, -0.1) is 0 Å².